The van der Waals surface area contributed by atoms with Crippen molar-refractivity contribution in [2.45, 2.75) is 12.5 Å². The van der Waals surface area contributed by atoms with Crippen molar-refractivity contribution < 1.29 is 8.42 Å². The molecule has 0 saturated heterocycles. The smallest absolute Gasteiger partial charge is 0.299 e. The summed E-state index contributed by atoms with van der Waals surface area (Å²) in [6.07, 6.45) is 0.591. The van der Waals surface area contributed by atoms with E-state index in [4.69, 9.17) is 10.9 Å². The van der Waals surface area contributed by atoms with Crippen LogP contribution in [0.4, 0.5) is 5.69 Å². The molecule has 1 atom stereocenters. The second-order valence-corrected chi connectivity index (χ2v) is 5.04. The summed E-state index contributed by atoms with van der Waals surface area (Å²) in [6.45, 7) is 0.344. The van der Waals surface area contributed by atoms with E-state index in [1.165, 1.54) is 4.31 Å². The molecule has 0 aliphatic carbocycles. The second kappa shape index (κ2) is 3.48. The Morgan fingerprint density at radius 3 is 2.67 bits per heavy atom. The molecule has 5 nitrogen and oxygen atoms in total. The van der Waals surface area contributed by atoms with Gasteiger partial charge in [0, 0.05) is 12.6 Å². The van der Waals surface area contributed by atoms with Crippen LogP contribution in [-0.2, 0) is 10.2 Å². The molecule has 0 amide bonds. The zero-order chi connectivity index (χ0) is 11.1. The van der Waals surface area contributed by atoms with Crippen LogP contribution in [0.2, 0.25) is 0 Å². The number of rotatable bonds is 1. The number of para-hydroxylation sites is 1. The van der Waals surface area contributed by atoms with Gasteiger partial charge in [-0.05, 0) is 18.1 Å². The number of hydrogen-bond donors (Lipinski definition) is 2. The number of nitrogens with two attached hydrogens (primary N) is 2. The highest BCUT2D eigenvalue weighted by molar-refractivity contribution is 7.90. The van der Waals surface area contributed by atoms with Crippen molar-refractivity contribution in [3.63, 3.8) is 0 Å². The first-order valence-electron chi connectivity index (χ1n) is 4.65. The van der Waals surface area contributed by atoms with Gasteiger partial charge in [0.05, 0.1) is 5.69 Å². The minimum absolute atomic E-state index is 0.112. The first kappa shape index (κ1) is 10.4. The van der Waals surface area contributed by atoms with Crippen molar-refractivity contribution >= 4 is 15.9 Å². The van der Waals surface area contributed by atoms with Gasteiger partial charge in [0.2, 0.25) is 0 Å². The predicted octanol–water partition coefficient (Wildman–Crippen LogP) is 0.100. The van der Waals surface area contributed by atoms with Crippen molar-refractivity contribution in [3.05, 3.63) is 29.8 Å². The zero-order valence-electron chi connectivity index (χ0n) is 8.13. The van der Waals surface area contributed by atoms with Gasteiger partial charge >= 0.3 is 0 Å². The Hall–Kier alpha value is -1.11. The van der Waals surface area contributed by atoms with E-state index >= 15 is 0 Å². The fraction of sp³-hybridized carbons (Fsp3) is 0.333. The summed E-state index contributed by atoms with van der Waals surface area (Å²) in [5.74, 6) is 0. The number of hydrogen-bond acceptors (Lipinski definition) is 3. The van der Waals surface area contributed by atoms with Crippen LogP contribution in [0.1, 0.15) is 18.0 Å². The molecule has 1 aliphatic heterocycles. The molecule has 2 rings (SSSR count). The average molecular weight is 227 g/mol. The topological polar surface area (TPSA) is 89.4 Å². The summed E-state index contributed by atoms with van der Waals surface area (Å²) < 4.78 is 23.8. The highest BCUT2D eigenvalue weighted by Crippen LogP contribution is 2.32. The largest absolute Gasteiger partial charge is 0.324 e. The van der Waals surface area contributed by atoms with Gasteiger partial charge in [-0.1, -0.05) is 18.2 Å². The van der Waals surface area contributed by atoms with Crippen LogP contribution in [0.15, 0.2) is 24.3 Å². The lowest BCUT2D eigenvalue weighted by molar-refractivity contribution is 0.576. The van der Waals surface area contributed by atoms with Crippen LogP contribution in [0.5, 0.6) is 0 Å². The molecular weight excluding hydrogens is 214 g/mol. The minimum atomic E-state index is -3.68. The third-order valence-corrected chi connectivity index (χ3v) is 3.55. The Kier molecular flexibility index (Phi) is 2.41. The normalized spacial score (nSPS) is 21.2. The lowest BCUT2D eigenvalue weighted by Gasteiger charge is -2.31. The van der Waals surface area contributed by atoms with Gasteiger partial charge in [-0.15, -0.1) is 0 Å². The van der Waals surface area contributed by atoms with Crippen molar-refractivity contribution in [2.24, 2.45) is 10.9 Å². The molecular formula is C9H13N3O2S. The van der Waals surface area contributed by atoms with E-state index in [1.807, 2.05) is 12.1 Å². The maximum Gasteiger partial charge on any atom is 0.299 e. The van der Waals surface area contributed by atoms with E-state index < -0.39 is 10.2 Å². The summed E-state index contributed by atoms with van der Waals surface area (Å²) in [6, 6.07) is 7.05. The van der Waals surface area contributed by atoms with Crippen LogP contribution in [0.3, 0.4) is 0 Å². The Labute approximate surface area is 88.9 Å². The van der Waals surface area contributed by atoms with Gasteiger partial charge < -0.3 is 5.73 Å². The highest BCUT2D eigenvalue weighted by atomic mass is 32.2. The van der Waals surface area contributed by atoms with E-state index in [2.05, 4.69) is 0 Å². The zero-order valence-corrected chi connectivity index (χ0v) is 8.94. The van der Waals surface area contributed by atoms with Gasteiger partial charge in [0.1, 0.15) is 0 Å². The van der Waals surface area contributed by atoms with Crippen LogP contribution < -0.4 is 15.2 Å². The number of benzene rings is 1. The molecule has 82 valence electrons. The van der Waals surface area contributed by atoms with E-state index in [-0.39, 0.29) is 6.04 Å². The SMILES string of the molecule is NC1CCN(S(N)(=O)=O)c2ccccc21. The van der Waals surface area contributed by atoms with Crippen molar-refractivity contribution in [1.29, 1.82) is 0 Å². The molecule has 4 N–H and O–H groups in total. The number of nitrogens with zero attached hydrogens (tertiary/aromatic N) is 1. The molecule has 1 aliphatic rings. The van der Waals surface area contributed by atoms with Gasteiger partial charge in [0.25, 0.3) is 10.2 Å². The molecule has 6 heteroatoms. The second-order valence-electron chi connectivity index (χ2n) is 3.57. The molecule has 0 aromatic heterocycles. The minimum Gasteiger partial charge on any atom is -0.324 e. The van der Waals surface area contributed by atoms with Gasteiger partial charge in [-0.25, -0.2) is 5.14 Å². The van der Waals surface area contributed by atoms with Crippen LogP contribution in [0.25, 0.3) is 0 Å². The Balaban J connectivity index is 2.54. The Morgan fingerprint density at radius 2 is 2.00 bits per heavy atom. The third-order valence-electron chi connectivity index (χ3n) is 2.56. The first-order chi connectivity index (χ1) is 7.00. The molecule has 1 unspecified atom stereocenters. The summed E-state index contributed by atoms with van der Waals surface area (Å²) in [5.41, 5.74) is 7.32. The fourth-order valence-corrected chi connectivity index (χ4v) is 2.63. The van der Waals surface area contributed by atoms with E-state index in [0.29, 0.717) is 18.7 Å². The molecule has 1 heterocycles. The molecule has 15 heavy (non-hydrogen) atoms. The van der Waals surface area contributed by atoms with E-state index in [9.17, 15) is 8.42 Å². The maximum absolute atomic E-state index is 11.3. The predicted molar refractivity (Wildman–Crippen MR) is 58.4 cm³/mol. The molecule has 1 aromatic rings. The van der Waals surface area contributed by atoms with Crippen LogP contribution in [0, 0.1) is 0 Å². The third kappa shape index (κ3) is 1.83. The van der Waals surface area contributed by atoms with E-state index in [0.717, 1.165) is 5.56 Å². The molecule has 0 bridgehead atoms. The molecule has 0 fully saturated rings. The lowest BCUT2D eigenvalue weighted by Crippen LogP contribution is -2.42. The molecule has 0 saturated carbocycles. The van der Waals surface area contributed by atoms with Gasteiger partial charge in [0.15, 0.2) is 0 Å². The van der Waals surface area contributed by atoms with Gasteiger partial charge in [-0.2, -0.15) is 8.42 Å². The summed E-state index contributed by atoms with van der Waals surface area (Å²) in [7, 11) is -3.68. The first-order valence-corrected chi connectivity index (χ1v) is 6.15. The standard InChI is InChI=1S/C9H13N3O2S/c10-8-5-6-12(15(11,13)14)9-4-2-1-3-7(8)9/h1-4,8H,5-6,10H2,(H2,11,13,14). The number of fused-ring (bicyclic) bond motifs is 1. The molecule has 0 radical (unpaired) electrons. The monoisotopic (exact) mass is 227 g/mol. The molecule has 1 aromatic carbocycles. The van der Waals surface area contributed by atoms with E-state index in [1.54, 1.807) is 12.1 Å². The lowest BCUT2D eigenvalue weighted by atomic mass is 9.99. The van der Waals surface area contributed by atoms with Crippen molar-refractivity contribution in [1.82, 2.24) is 0 Å². The Bertz CT molecular complexity index is 472. The highest BCUT2D eigenvalue weighted by Gasteiger charge is 2.27. The summed E-state index contributed by atoms with van der Waals surface area (Å²) >= 11 is 0. The fourth-order valence-electron chi connectivity index (χ4n) is 1.82. The van der Waals surface area contributed by atoms with Gasteiger partial charge in [-0.3, -0.25) is 4.31 Å². The molecule has 0 spiro atoms. The average Bonchev–Trinajstić information content (AvgIpc) is 2.17. The van der Waals surface area contributed by atoms with Crippen molar-refractivity contribution in [2.75, 3.05) is 10.8 Å². The Morgan fingerprint density at radius 1 is 1.33 bits per heavy atom. The summed E-state index contributed by atoms with van der Waals surface area (Å²) in [5, 5.41) is 5.13. The number of anilines is 1. The summed E-state index contributed by atoms with van der Waals surface area (Å²) in [4.78, 5) is 0. The van der Waals surface area contributed by atoms with Crippen LogP contribution in [-0.4, -0.2) is 15.0 Å². The quantitative estimate of drug-likeness (QED) is 0.713. The maximum atomic E-state index is 11.3. The van der Waals surface area contributed by atoms with Crippen LogP contribution >= 0.6 is 0 Å². The van der Waals surface area contributed by atoms with Crippen molar-refractivity contribution in [3.8, 4) is 0 Å².